The molecule has 8 nitrogen and oxygen atoms in total. The normalized spacial score (nSPS) is 16.7. The lowest BCUT2D eigenvalue weighted by molar-refractivity contribution is 0.332. The number of nitrogens with zero attached hydrogens (tertiary/aromatic N) is 6. The predicted molar refractivity (Wildman–Crippen MR) is 374 cm³/mol. The van der Waals surface area contributed by atoms with Gasteiger partial charge in [0.2, 0.25) is 11.8 Å². The molecule has 0 bridgehead atoms. The first kappa shape index (κ1) is 54.4. The standard InChI is InChI=1S/C80H70B2N6O2/c1-77(2)41-43-79(5,6)59-45-55(37-39-57(59)77)85(51-25-13-9-14-26-51)71-49-67-73-75(83-71)89-69-35-23-21-33-61(69)81(73)63-47-64-66(48-65(63)87(67)53-29-17-11-18-30-53)88(54-31-19-12-20-32-54)68-50-72(84-76-74(68)82(64)62-34-22-24-36-70(62)90-76)86(52-27-15-10-16-28-52)56-38-40-58-60(46-56)80(7,8)44-42-78(58,3)4/h9-40,45-50H,41-44H2,1-8H3. The van der Waals surface area contributed by atoms with Gasteiger partial charge >= 0.3 is 0 Å². The SMILES string of the molecule is CC1(C)CCC(C)(C)c2cc(N(c3ccccc3)c3cc4c5c(n3)Oc3ccccc3B5c3cc5c(cc3N4c3ccccc3)N(c3ccccc3)c3cc(N(c4ccccc4)c4ccc6c(c4)C(C)(C)CCC6(C)C)nc4c3B5c3ccccc3O4)ccc21. The zero-order chi connectivity index (χ0) is 61.0. The van der Waals surface area contributed by atoms with Crippen molar-refractivity contribution in [1.82, 2.24) is 9.97 Å². The molecule has 9 aromatic carbocycles. The fourth-order valence-electron chi connectivity index (χ4n) is 15.9. The molecule has 10 heteroatoms. The highest BCUT2D eigenvalue weighted by Crippen LogP contribution is 2.53. The quantitative estimate of drug-likeness (QED) is 0.140. The Morgan fingerprint density at radius 1 is 0.333 bits per heavy atom. The zero-order valence-corrected chi connectivity index (χ0v) is 52.4. The maximum absolute atomic E-state index is 7.22. The number of hydrogen-bond donors (Lipinski definition) is 0. The van der Waals surface area contributed by atoms with E-state index in [4.69, 9.17) is 19.4 Å². The highest BCUT2D eigenvalue weighted by atomic mass is 16.5. The van der Waals surface area contributed by atoms with Crippen LogP contribution in [-0.4, -0.2) is 23.4 Å². The average Bonchev–Trinajstić information content (AvgIpc) is 0.696. The highest BCUT2D eigenvalue weighted by Gasteiger charge is 2.49. The van der Waals surface area contributed by atoms with Crippen LogP contribution in [-0.2, 0) is 21.7 Å². The van der Waals surface area contributed by atoms with Crippen LogP contribution in [0.1, 0.15) is 103 Å². The highest BCUT2D eigenvalue weighted by molar-refractivity contribution is 7.02. The third-order valence-electron chi connectivity index (χ3n) is 20.9. The summed E-state index contributed by atoms with van der Waals surface area (Å²) in [7, 11) is 0. The molecule has 0 saturated heterocycles. The molecular weight excluding hydrogens is 1100 g/mol. The Morgan fingerprint density at radius 3 is 1.09 bits per heavy atom. The minimum absolute atomic E-state index is 0.0101. The molecule has 90 heavy (non-hydrogen) atoms. The molecule has 0 unspecified atom stereocenters. The van der Waals surface area contributed by atoms with Gasteiger partial charge in [0, 0.05) is 68.6 Å². The smallest absolute Gasteiger partial charge is 0.258 e. The molecule has 0 fully saturated rings. The fourth-order valence-corrected chi connectivity index (χ4v) is 15.9. The molecule has 2 aromatic heterocycles. The second-order valence-electron chi connectivity index (χ2n) is 28.2. The molecule has 6 aliphatic rings. The summed E-state index contributed by atoms with van der Waals surface area (Å²) in [5.41, 5.74) is 22.7. The summed E-state index contributed by atoms with van der Waals surface area (Å²) >= 11 is 0. The van der Waals surface area contributed by atoms with Gasteiger partial charge in [0.25, 0.3) is 13.4 Å². The number of aromatic nitrogens is 2. The number of para-hydroxylation sites is 6. The summed E-state index contributed by atoms with van der Waals surface area (Å²) < 4.78 is 14.4. The third kappa shape index (κ3) is 8.36. The Balaban J connectivity index is 0.925. The van der Waals surface area contributed by atoms with Crippen molar-refractivity contribution in [2.75, 3.05) is 19.6 Å². The van der Waals surface area contributed by atoms with Crippen molar-refractivity contribution in [3.05, 3.63) is 253 Å². The number of benzene rings is 9. The number of pyridine rings is 2. The van der Waals surface area contributed by atoms with Gasteiger partial charge < -0.3 is 19.3 Å². The van der Waals surface area contributed by atoms with E-state index in [1.165, 1.54) is 22.3 Å². The van der Waals surface area contributed by atoms with E-state index in [2.05, 4.69) is 306 Å². The van der Waals surface area contributed by atoms with Gasteiger partial charge in [0.05, 0.1) is 11.4 Å². The first-order valence-corrected chi connectivity index (χ1v) is 32.1. The number of hydrogen-bond acceptors (Lipinski definition) is 8. The molecule has 6 heterocycles. The van der Waals surface area contributed by atoms with Crippen molar-refractivity contribution in [3.63, 3.8) is 0 Å². The second kappa shape index (κ2) is 19.9. The fraction of sp³-hybridized carbons (Fsp3) is 0.200. The van der Waals surface area contributed by atoms with Crippen LogP contribution >= 0.6 is 0 Å². The third-order valence-corrected chi connectivity index (χ3v) is 20.9. The lowest BCUT2D eigenvalue weighted by atomic mass is 9.31. The van der Waals surface area contributed by atoms with Gasteiger partial charge in [-0.1, -0.05) is 183 Å². The molecular formula is C80H70B2N6O2. The maximum atomic E-state index is 7.22. The van der Waals surface area contributed by atoms with Crippen molar-refractivity contribution in [2.24, 2.45) is 0 Å². The van der Waals surface area contributed by atoms with E-state index in [-0.39, 0.29) is 35.1 Å². The van der Waals surface area contributed by atoms with Crippen molar-refractivity contribution in [2.45, 2.75) is 103 Å². The van der Waals surface area contributed by atoms with Crippen molar-refractivity contribution in [3.8, 4) is 23.3 Å². The average molecular weight is 1170 g/mol. The molecule has 0 N–H and O–H groups in total. The van der Waals surface area contributed by atoms with E-state index < -0.39 is 0 Å². The second-order valence-corrected chi connectivity index (χ2v) is 28.2. The summed E-state index contributed by atoms with van der Waals surface area (Å²) in [5, 5.41) is 0. The van der Waals surface area contributed by atoms with Crippen LogP contribution in [0.5, 0.6) is 23.3 Å². The van der Waals surface area contributed by atoms with Gasteiger partial charge in [-0.15, -0.1) is 0 Å². The molecule has 0 amide bonds. The monoisotopic (exact) mass is 1170 g/mol. The van der Waals surface area contributed by atoms with Crippen LogP contribution < -0.4 is 61.9 Å². The van der Waals surface area contributed by atoms with Crippen molar-refractivity contribution in [1.29, 1.82) is 0 Å². The Kier molecular flexibility index (Phi) is 12.0. The van der Waals surface area contributed by atoms with Gasteiger partial charge in [-0.25, -0.2) is 0 Å². The molecule has 0 spiro atoms. The molecule has 11 aromatic rings. The molecule has 2 aliphatic carbocycles. The van der Waals surface area contributed by atoms with Gasteiger partial charge in [0.15, 0.2) is 0 Å². The molecule has 438 valence electrons. The van der Waals surface area contributed by atoms with E-state index in [1.807, 2.05) is 0 Å². The van der Waals surface area contributed by atoms with Crippen LogP contribution in [0.3, 0.4) is 0 Å². The van der Waals surface area contributed by atoms with Crippen LogP contribution in [0.15, 0.2) is 231 Å². The Bertz CT molecular complexity index is 4430. The van der Waals surface area contributed by atoms with Crippen molar-refractivity contribution < 1.29 is 9.47 Å². The van der Waals surface area contributed by atoms with Gasteiger partial charge in [0.1, 0.15) is 23.1 Å². The maximum Gasteiger partial charge on any atom is 0.258 e. The molecule has 0 radical (unpaired) electrons. The van der Waals surface area contributed by atoms with Crippen LogP contribution in [0, 0.1) is 0 Å². The number of anilines is 12. The van der Waals surface area contributed by atoms with E-state index in [9.17, 15) is 0 Å². The zero-order valence-electron chi connectivity index (χ0n) is 52.4. The summed E-state index contributed by atoms with van der Waals surface area (Å²) in [6.45, 7) is 18.7. The summed E-state index contributed by atoms with van der Waals surface area (Å²) in [4.78, 5) is 21.1. The minimum Gasteiger partial charge on any atom is -0.440 e. The molecule has 4 aliphatic heterocycles. The topological polar surface area (TPSA) is 57.2 Å². The first-order valence-electron chi connectivity index (χ1n) is 32.1. The van der Waals surface area contributed by atoms with Crippen LogP contribution in [0.25, 0.3) is 0 Å². The van der Waals surface area contributed by atoms with E-state index in [0.717, 1.165) is 138 Å². The van der Waals surface area contributed by atoms with Gasteiger partial charge in [-0.3, -0.25) is 9.80 Å². The van der Waals surface area contributed by atoms with Gasteiger partial charge in [-0.05, 0) is 182 Å². The van der Waals surface area contributed by atoms with Crippen molar-refractivity contribution >= 4 is 115 Å². The molecule has 0 saturated carbocycles. The first-order chi connectivity index (χ1) is 43.6. The summed E-state index contributed by atoms with van der Waals surface area (Å²) in [5.74, 6) is 4.32. The Labute approximate surface area is 529 Å². The lowest BCUT2D eigenvalue weighted by Crippen LogP contribution is -2.64. The minimum atomic E-state index is -0.244. The Morgan fingerprint density at radius 2 is 0.689 bits per heavy atom. The number of fused-ring (bicyclic) bond motifs is 10. The van der Waals surface area contributed by atoms with E-state index >= 15 is 0 Å². The number of ether oxygens (including phenoxy) is 2. The predicted octanol–water partition coefficient (Wildman–Crippen LogP) is 16.9. The largest absolute Gasteiger partial charge is 0.440 e. The molecule has 17 rings (SSSR count). The molecule has 0 atom stereocenters. The van der Waals surface area contributed by atoms with Gasteiger partial charge in [-0.2, -0.15) is 9.97 Å². The number of rotatable bonds is 8. The Hall–Kier alpha value is -9.79. The lowest BCUT2D eigenvalue weighted by Gasteiger charge is -2.44. The van der Waals surface area contributed by atoms with E-state index in [0.29, 0.717) is 11.8 Å². The summed E-state index contributed by atoms with van der Waals surface area (Å²) in [6, 6.07) is 84.3. The summed E-state index contributed by atoms with van der Waals surface area (Å²) in [6.07, 6.45) is 4.50. The van der Waals surface area contributed by atoms with E-state index in [1.54, 1.807) is 0 Å². The van der Waals surface area contributed by atoms with Crippen LogP contribution in [0.4, 0.5) is 68.5 Å². The van der Waals surface area contributed by atoms with Crippen LogP contribution in [0.2, 0.25) is 0 Å².